The number of aliphatic hydroxyl groups excluding tert-OH is 1. The Morgan fingerprint density at radius 2 is 1.94 bits per heavy atom. The molecule has 1 heterocycles. The lowest BCUT2D eigenvalue weighted by Crippen LogP contribution is -2.47. The lowest BCUT2D eigenvalue weighted by Gasteiger charge is -2.36. The maximum absolute atomic E-state index is 12.1. The molecule has 0 radical (unpaired) electrons. The van der Waals surface area contributed by atoms with Gasteiger partial charge in [-0.1, -0.05) is 6.42 Å². The van der Waals surface area contributed by atoms with Gasteiger partial charge < -0.3 is 5.11 Å². The highest BCUT2D eigenvalue weighted by atomic mass is 32.2. The number of rotatable bonds is 4. The van der Waals surface area contributed by atoms with Gasteiger partial charge in [-0.15, -0.1) is 0 Å². The number of hydrogen-bond donors (Lipinski definition) is 1. The van der Waals surface area contributed by atoms with Crippen LogP contribution in [0.15, 0.2) is 0 Å². The molecule has 0 bridgehead atoms. The molecule has 0 aliphatic carbocycles. The lowest BCUT2D eigenvalue weighted by atomic mass is 10.00. The Morgan fingerprint density at radius 1 is 1.31 bits per heavy atom. The first-order valence-corrected chi connectivity index (χ1v) is 7.54. The van der Waals surface area contributed by atoms with Crippen LogP contribution >= 0.6 is 0 Å². The molecule has 1 aliphatic rings. The second kappa shape index (κ2) is 5.47. The zero-order chi connectivity index (χ0) is 12.3. The minimum atomic E-state index is -3.17. The molecule has 5 heteroatoms. The molecule has 4 nitrogen and oxygen atoms in total. The Bertz CT molecular complexity index is 311. The minimum absolute atomic E-state index is 0.0128. The summed E-state index contributed by atoms with van der Waals surface area (Å²) in [5, 5.41) is 9.03. The van der Waals surface area contributed by atoms with Crippen molar-refractivity contribution < 1.29 is 13.5 Å². The Labute approximate surface area is 98.7 Å². The van der Waals surface area contributed by atoms with Gasteiger partial charge in [0.05, 0.1) is 11.4 Å². The van der Waals surface area contributed by atoms with Crippen LogP contribution < -0.4 is 0 Å². The van der Waals surface area contributed by atoms with Gasteiger partial charge in [-0.25, -0.2) is 8.42 Å². The second-order valence-electron chi connectivity index (χ2n) is 4.94. The van der Waals surface area contributed by atoms with E-state index in [-0.39, 0.29) is 11.3 Å². The largest absolute Gasteiger partial charge is 0.393 e. The highest BCUT2D eigenvalue weighted by Gasteiger charge is 2.34. The fourth-order valence-corrected chi connectivity index (χ4v) is 3.74. The number of nitrogens with zero attached hydrogens (tertiary/aromatic N) is 1. The Balaban J connectivity index is 2.82. The summed E-state index contributed by atoms with van der Waals surface area (Å²) in [5.41, 5.74) is 0. The Kier molecular flexibility index (Phi) is 4.76. The average molecular weight is 249 g/mol. The monoisotopic (exact) mass is 249 g/mol. The van der Waals surface area contributed by atoms with Crippen molar-refractivity contribution in [2.45, 2.75) is 63.9 Å². The van der Waals surface area contributed by atoms with Crippen LogP contribution in [0.5, 0.6) is 0 Å². The molecule has 2 atom stereocenters. The molecular weight excluding hydrogens is 226 g/mol. The van der Waals surface area contributed by atoms with E-state index < -0.39 is 16.1 Å². The normalized spacial score (nSPS) is 25.9. The molecule has 0 saturated carbocycles. The molecule has 0 amide bonds. The molecule has 16 heavy (non-hydrogen) atoms. The van der Waals surface area contributed by atoms with E-state index in [2.05, 4.69) is 0 Å². The highest BCUT2D eigenvalue weighted by Crippen LogP contribution is 2.25. The van der Waals surface area contributed by atoms with Crippen LogP contribution in [-0.2, 0) is 10.0 Å². The van der Waals surface area contributed by atoms with Gasteiger partial charge in [-0.05, 0) is 40.0 Å². The third-order valence-corrected chi connectivity index (χ3v) is 5.43. The zero-order valence-electron chi connectivity index (χ0n) is 10.4. The van der Waals surface area contributed by atoms with Crippen molar-refractivity contribution in [3.05, 3.63) is 0 Å². The predicted octanol–water partition coefficient (Wildman–Crippen LogP) is 1.35. The molecule has 0 aromatic rings. The molecule has 0 aromatic carbocycles. The first-order valence-electron chi connectivity index (χ1n) is 6.04. The van der Waals surface area contributed by atoms with Gasteiger partial charge in [0.15, 0.2) is 0 Å². The maximum Gasteiger partial charge on any atom is 0.216 e. The van der Waals surface area contributed by atoms with Crippen LogP contribution in [-0.4, -0.2) is 41.8 Å². The average Bonchev–Trinajstić information content (AvgIpc) is 2.17. The number of aliphatic hydroxyl groups is 1. The summed E-state index contributed by atoms with van der Waals surface area (Å²) in [6.45, 7) is 5.75. The fourth-order valence-electron chi connectivity index (χ4n) is 2.21. The third-order valence-electron chi connectivity index (χ3n) is 3.11. The molecule has 1 rings (SSSR count). The molecule has 96 valence electrons. The zero-order valence-corrected chi connectivity index (χ0v) is 11.2. The van der Waals surface area contributed by atoms with Gasteiger partial charge in [-0.3, -0.25) is 0 Å². The molecule has 1 aliphatic heterocycles. The predicted molar refractivity (Wildman–Crippen MR) is 64.7 cm³/mol. The van der Waals surface area contributed by atoms with Crippen LogP contribution in [0.1, 0.15) is 46.5 Å². The Morgan fingerprint density at radius 3 is 2.44 bits per heavy atom. The van der Waals surface area contributed by atoms with E-state index in [4.69, 9.17) is 0 Å². The summed E-state index contributed by atoms with van der Waals surface area (Å²) in [6, 6.07) is -0.0128. The number of piperidine rings is 1. The molecule has 0 aromatic heterocycles. The first kappa shape index (κ1) is 13.9. The standard InChI is InChI=1S/C11H23NO3S/c1-9(2)16(14,15)12-7-5-4-6-11(12)8-10(3)13/h9-11,13H,4-8H2,1-3H3. The molecule has 2 unspecified atom stereocenters. The summed E-state index contributed by atoms with van der Waals surface area (Å²) in [7, 11) is -3.17. The highest BCUT2D eigenvalue weighted by molar-refractivity contribution is 7.89. The van der Waals surface area contributed by atoms with Gasteiger partial charge >= 0.3 is 0 Å². The molecule has 1 saturated heterocycles. The van der Waals surface area contributed by atoms with Gasteiger partial charge in [0, 0.05) is 12.6 Å². The number of sulfonamides is 1. The van der Waals surface area contributed by atoms with E-state index in [9.17, 15) is 13.5 Å². The van der Waals surface area contributed by atoms with Crippen molar-refractivity contribution >= 4 is 10.0 Å². The first-order chi connectivity index (χ1) is 7.35. The van der Waals surface area contributed by atoms with Crippen molar-refractivity contribution in [2.75, 3.05) is 6.54 Å². The van der Waals surface area contributed by atoms with Crippen molar-refractivity contribution in [1.29, 1.82) is 0 Å². The van der Waals surface area contributed by atoms with Crippen LogP contribution in [0.25, 0.3) is 0 Å². The van der Waals surface area contributed by atoms with E-state index in [0.29, 0.717) is 13.0 Å². The topological polar surface area (TPSA) is 57.6 Å². The van der Waals surface area contributed by atoms with Gasteiger partial charge in [0.25, 0.3) is 0 Å². The summed E-state index contributed by atoms with van der Waals surface area (Å²) < 4.78 is 25.8. The van der Waals surface area contributed by atoms with Crippen LogP contribution in [0.4, 0.5) is 0 Å². The van der Waals surface area contributed by atoms with E-state index in [1.54, 1.807) is 25.1 Å². The van der Waals surface area contributed by atoms with Gasteiger partial charge in [-0.2, -0.15) is 4.31 Å². The summed E-state index contributed by atoms with van der Waals surface area (Å²) in [5.74, 6) is 0. The van der Waals surface area contributed by atoms with E-state index in [1.807, 2.05) is 0 Å². The molecule has 1 fully saturated rings. The third kappa shape index (κ3) is 3.18. The smallest absolute Gasteiger partial charge is 0.216 e. The molecule has 1 N–H and O–H groups in total. The maximum atomic E-state index is 12.1. The molecule has 0 spiro atoms. The second-order valence-corrected chi connectivity index (χ2v) is 7.38. The summed E-state index contributed by atoms with van der Waals surface area (Å²) in [6.07, 6.45) is 2.97. The Hall–Kier alpha value is -0.130. The number of hydrogen-bond acceptors (Lipinski definition) is 3. The lowest BCUT2D eigenvalue weighted by molar-refractivity contribution is 0.131. The van der Waals surface area contributed by atoms with Crippen molar-refractivity contribution in [3.8, 4) is 0 Å². The van der Waals surface area contributed by atoms with E-state index in [1.165, 1.54) is 0 Å². The van der Waals surface area contributed by atoms with Gasteiger partial charge in [0.2, 0.25) is 10.0 Å². The van der Waals surface area contributed by atoms with E-state index >= 15 is 0 Å². The fraction of sp³-hybridized carbons (Fsp3) is 1.00. The van der Waals surface area contributed by atoms with Crippen LogP contribution in [0.3, 0.4) is 0 Å². The minimum Gasteiger partial charge on any atom is -0.393 e. The van der Waals surface area contributed by atoms with Crippen molar-refractivity contribution in [1.82, 2.24) is 4.31 Å². The van der Waals surface area contributed by atoms with Crippen LogP contribution in [0.2, 0.25) is 0 Å². The summed E-state index contributed by atoms with van der Waals surface area (Å²) >= 11 is 0. The SMILES string of the molecule is CC(O)CC1CCCCN1S(=O)(=O)C(C)C. The molecular formula is C11H23NO3S. The summed E-state index contributed by atoms with van der Waals surface area (Å²) in [4.78, 5) is 0. The van der Waals surface area contributed by atoms with E-state index in [0.717, 1.165) is 19.3 Å². The van der Waals surface area contributed by atoms with Crippen molar-refractivity contribution in [3.63, 3.8) is 0 Å². The van der Waals surface area contributed by atoms with Crippen molar-refractivity contribution in [2.24, 2.45) is 0 Å². The van der Waals surface area contributed by atoms with Crippen LogP contribution in [0, 0.1) is 0 Å². The van der Waals surface area contributed by atoms with Gasteiger partial charge in [0.1, 0.15) is 0 Å². The quantitative estimate of drug-likeness (QED) is 0.818.